The van der Waals surface area contributed by atoms with Gasteiger partial charge in [0.05, 0.1) is 0 Å². The third kappa shape index (κ3) is 5.45. The van der Waals surface area contributed by atoms with Crippen LogP contribution in [0.15, 0.2) is 84.9 Å². The lowest BCUT2D eigenvalue weighted by molar-refractivity contribution is 0.102. The molecule has 0 bridgehead atoms. The van der Waals surface area contributed by atoms with Crippen LogP contribution in [0.4, 0.5) is 28.8 Å². The van der Waals surface area contributed by atoms with Gasteiger partial charge >= 0.3 is 0 Å². The molecule has 4 rings (SSSR count). The Morgan fingerprint density at radius 3 is 2.03 bits per heavy atom. The molecule has 31 heavy (non-hydrogen) atoms. The summed E-state index contributed by atoms with van der Waals surface area (Å²) in [7, 11) is 0. The van der Waals surface area contributed by atoms with Gasteiger partial charge in [0.25, 0.3) is 5.91 Å². The number of nitrogens with zero attached hydrogens (tertiary/aromatic N) is 2. The Kier molecular flexibility index (Phi) is 5.89. The van der Waals surface area contributed by atoms with E-state index < -0.39 is 0 Å². The molecule has 1 heterocycles. The Hall–Kier alpha value is -4.19. The Bertz CT molecular complexity index is 1170. The third-order valence-corrected chi connectivity index (χ3v) is 4.61. The van der Waals surface area contributed by atoms with Crippen LogP contribution in [-0.4, -0.2) is 15.9 Å². The van der Waals surface area contributed by atoms with Gasteiger partial charge in [0.15, 0.2) is 0 Å². The van der Waals surface area contributed by atoms with E-state index in [1.54, 1.807) is 12.1 Å². The summed E-state index contributed by atoms with van der Waals surface area (Å²) in [5.41, 5.74) is 5.17. The largest absolute Gasteiger partial charge is 0.340 e. The van der Waals surface area contributed by atoms with Crippen molar-refractivity contribution in [2.75, 3.05) is 16.0 Å². The molecule has 0 unspecified atom stereocenters. The molecule has 0 fully saturated rings. The van der Waals surface area contributed by atoms with Crippen LogP contribution >= 0.6 is 0 Å². The van der Waals surface area contributed by atoms with Crippen molar-refractivity contribution in [1.29, 1.82) is 0 Å². The van der Waals surface area contributed by atoms with Crippen LogP contribution in [-0.2, 0) is 0 Å². The zero-order valence-electron chi connectivity index (χ0n) is 17.4. The van der Waals surface area contributed by atoms with Gasteiger partial charge in [-0.1, -0.05) is 35.9 Å². The highest BCUT2D eigenvalue weighted by Crippen LogP contribution is 2.21. The molecule has 6 nitrogen and oxygen atoms in total. The number of amides is 1. The number of hydrogen-bond donors (Lipinski definition) is 3. The van der Waals surface area contributed by atoms with Crippen LogP contribution in [0.5, 0.6) is 0 Å². The van der Waals surface area contributed by atoms with E-state index in [1.165, 1.54) is 5.56 Å². The number of carbonyl (C=O) groups is 1. The first-order valence-corrected chi connectivity index (χ1v) is 9.98. The molecule has 6 heteroatoms. The van der Waals surface area contributed by atoms with Crippen LogP contribution in [0.2, 0.25) is 0 Å². The van der Waals surface area contributed by atoms with E-state index in [-0.39, 0.29) is 5.91 Å². The second kappa shape index (κ2) is 9.09. The lowest BCUT2D eigenvalue weighted by Gasteiger charge is -2.11. The van der Waals surface area contributed by atoms with Crippen LogP contribution < -0.4 is 16.0 Å². The van der Waals surface area contributed by atoms with E-state index in [4.69, 9.17) is 0 Å². The fourth-order valence-electron chi connectivity index (χ4n) is 3.03. The number of aryl methyl sites for hydroxylation is 2. The molecule has 0 spiro atoms. The van der Waals surface area contributed by atoms with E-state index in [0.29, 0.717) is 23.0 Å². The maximum absolute atomic E-state index is 12.3. The molecule has 0 radical (unpaired) electrons. The number of nitrogens with one attached hydrogen (secondary N) is 3. The summed E-state index contributed by atoms with van der Waals surface area (Å²) in [6.07, 6.45) is 0. The van der Waals surface area contributed by atoms with Gasteiger partial charge in [-0.25, -0.2) is 4.98 Å². The van der Waals surface area contributed by atoms with Crippen LogP contribution in [0, 0.1) is 13.8 Å². The molecule has 3 aromatic carbocycles. The standard InChI is InChI=1S/C25H23N5O/c1-17-8-10-20(11-9-17)27-23-16-18(2)26-25(30-23)29-22-14-12-21(13-15-22)28-24(31)19-6-4-3-5-7-19/h3-16H,1-2H3,(H,28,31)(H2,26,27,29,30). The predicted octanol–water partition coefficient (Wildman–Crippen LogP) is 5.83. The van der Waals surface area contributed by atoms with Gasteiger partial charge in [0.1, 0.15) is 5.82 Å². The van der Waals surface area contributed by atoms with E-state index in [9.17, 15) is 4.79 Å². The molecule has 1 aromatic heterocycles. The number of hydrogen-bond acceptors (Lipinski definition) is 5. The maximum Gasteiger partial charge on any atom is 0.255 e. The van der Waals surface area contributed by atoms with Crippen molar-refractivity contribution < 1.29 is 4.79 Å². The molecule has 0 atom stereocenters. The van der Waals surface area contributed by atoms with E-state index >= 15 is 0 Å². The van der Waals surface area contributed by atoms with Gasteiger partial charge < -0.3 is 16.0 Å². The third-order valence-electron chi connectivity index (χ3n) is 4.61. The fourth-order valence-corrected chi connectivity index (χ4v) is 3.03. The highest BCUT2D eigenvalue weighted by molar-refractivity contribution is 6.04. The zero-order valence-corrected chi connectivity index (χ0v) is 17.4. The molecule has 0 aliphatic heterocycles. The quantitative estimate of drug-likeness (QED) is 0.373. The zero-order chi connectivity index (χ0) is 21.6. The van der Waals surface area contributed by atoms with E-state index in [2.05, 4.69) is 32.8 Å². The smallest absolute Gasteiger partial charge is 0.255 e. The summed E-state index contributed by atoms with van der Waals surface area (Å²) >= 11 is 0. The summed E-state index contributed by atoms with van der Waals surface area (Å²) in [6.45, 7) is 3.98. The van der Waals surface area contributed by atoms with Crippen molar-refractivity contribution in [2.45, 2.75) is 13.8 Å². The molecule has 4 aromatic rings. The van der Waals surface area contributed by atoms with Crippen LogP contribution in [0.1, 0.15) is 21.6 Å². The van der Waals surface area contributed by atoms with Crippen molar-refractivity contribution in [2.24, 2.45) is 0 Å². The average molecular weight is 409 g/mol. The van der Waals surface area contributed by atoms with Gasteiger partial charge in [0, 0.05) is 34.4 Å². The summed E-state index contributed by atoms with van der Waals surface area (Å²) in [6, 6.07) is 26.6. The second-order valence-electron chi connectivity index (χ2n) is 7.23. The average Bonchev–Trinajstić information content (AvgIpc) is 2.77. The molecule has 154 valence electrons. The van der Waals surface area contributed by atoms with Crippen molar-refractivity contribution in [3.8, 4) is 0 Å². The van der Waals surface area contributed by atoms with Crippen molar-refractivity contribution in [1.82, 2.24) is 9.97 Å². The Labute approximate surface area is 181 Å². The molecule has 0 saturated carbocycles. The van der Waals surface area contributed by atoms with Crippen LogP contribution in [0.25, 0.3) is 0 Å². The second-order valence-corrected chi connectivity index (χ2v) is 7.23. The SMILES string of the molecule is Cc1ccc(Nc2cc(C)nc(Nc3ccc(NC(=O)c4ccccc4)cc3)n2)cc1. The Balaban J connectivity index is 1.43. The van der Waals surface area contributed by atoms with Crippen LogP contribution in [0.3, 0.4) is 0 Å². The van der Waals surface area contributed by atoms with E-state index in [1.807, 2.05) is 79.7 Å². The molecular weight excluding hydrogens is 386 g/mol. The monoisotopic (exact) mass is 409 g/mol. The number of aromatic nitrogens is 2. The van der Waals surface area contributed by atoms with Gasteiger partial charge in [-0.3, -0.25) is 4.79 Å². The van der Waals surface area contributed by atoms with Crippen molar-refractivity contribution >= 4 is 34.7 Å². The van der Waals surface area contributed by atoms with Gasteiger partial charge in [-0.05, 0) is 62.4 Å². The lowest BCUT2D eigenvalue weighted by atomic mass is 10.2. The van der Waals surface area contributed by atoms with Gasteiger partial charge in [-0.2, -0.15) is 4.98 Å². The van der Waals surface area contributed by atoms with E-state index in [0.717, 1.165) is 17.1 Å². The van der Waals surface area contributed by atoms with Crippen molar-refractivity contribution in [3.05, 3.63) is 102 Å². The van der Waals surface area contributed by atoms with Gasteiger partial charge in [0.2, 0.25) is 5.95 Å². The molecule has 0 saturated heterocycles. The topological polar surface area (TPSA) is 78.9 Å². The summed E-state index contributed by atoms with van der Waals surface area (Å²) in [4.78, 5) is 21.3. The minimum Gasteiger partial charge on any atom is -0.340 e. The first kappa shape index (κ1) is 20.1. The number of carbonyl (C=O) groups excluding carboxylic acids is 1. The summed E-state index contributed by atoms with van der Waals surface area (Å²) < 4.78 is 0. The number of benzene rings is 3. The van der Waals surface area contributed by atoms with Crippen molar-refractivity contribution in [3.63, 3.8) is 0 Å². The molecule has 0 aliphatic rings. The first-order chi connectivity index (χ1) is 15.0. The normalized spacial score (nSPS) is 10.4. The Morgan fingerprint density at radius 2 is 1.32 bits per heavy atom. The number of rotatable bonds is 6. The molecule has 1 amide bonds. The maximum atomic E-state index is 12.3. The fraction of sp³-hybridized carbons (Fsp3) is 0.0800. The molecule has 0 aliphatic carbocycles. The summed E-state index contributed by atoms with van der Waals surface area (Å²) in [5, 5.41) is 9.41. The number of anilines is 5. The Morgan fingerprint density at radius 1 is 0.710 bits per heavy atom. The predicted molar refractivity (Wildman–Crippen MR) is 125 cm³/mol. The lowest BCUT2D eigenvalue weighted by Crippen LogP contribution is -2.11. The minimum atomic E-state index is -0.143. The summed E-state index contributed by atoms with van der Waals surface area (Å²) in [5.74, 6) is 1.07. The molecular formula is C25H23N5O. The van der Waals surface area contributed by atoms with Gasteiger partial charge in [-0.15, -0.1) is 0 Å². The first-order valence-electron chi connectivity index (χ1n) is 9.98. The molecule has 3 N–H and O–H groups in total. The minimum absolute atomic E-state index is 0.143. The highest BCUT2D eigenvalue weighted by atomic mass is 16.1. The highest BCUT2D eigenvalue weighted by Gasteiger charge is 2.07.